The predicted molar refractivity (Wildman–Crippen MR) is 133 cm³/mol. The van der Waals surface area contributed by atoms with Crippen LogP contribution < -0.4 is 10.1 Å². The molecule has 1 unspecified atom stereocenters. The molecule has 0 fully saturated rings. The maximum absolute atomic E-state index is 14.2. The summed E-state index contributed by atoms with van der Waals surface area (Å²) in [6, 6.07) is 20.8. The van der Waals surface area contributed by atoms with Crippen LogP contribution in [0, 0.1) is 29.0 Å². The maximum Gasteiger partial charge on any atom is 0.475 e. The number of benzene rings is 2. The van der Waals surface area contributed by atoms with Crippen molar-refractivity contribution in [3.05, 3.63) is 95.6 Å². The third-order valence-electron chi connectivity index (χ3n) is 5.26. The minimum atomic E-state index is -1.74. The Labute approximate surface area is 209 Å². The highest BCUT2D eigenvalue weighted by molar-refractivity contribution is 6.43. The SMILES string of the molecule is N#CC(CC#Cc1ccc(F)c(OCCC(=O)N[C@@H](Cc2ccccc2)B(O)O)c1)c1ccccn1. The summed E-state index contributed by atoms with van der Waals surface area (Å²) in [6.07, 6.45) is 2.02. The Morgan fingerprint density at radius 3 is 2.61 bits per heavy atom. The maximum atomic E-state index is 14.2. The van der Waals surface area contributed by atoms with Gasteiger partial charge in [-0.15, -0.1) is 0 Å². The van der Waals surface area contributed by atoms with Crippen LogP contribution in [0.3, 0.4) is 0 Å². The second kappa shape index (κ2) is 13.6. The number of pyridine rings is 1. The first-order chi connectivity index (χ1) is 17.5. The number of aromatic nitrogens is 1. The van der Waals surface area contributed by atoms with E-state index in [1.165, 1.54) is 18.2 Å². The van der Waals surface area contributed by atoms with Crippen molar-refractivity contribution in [2.24, 2.45) is 0 Å². The summed E-state index contributed by atoms with van der Waals surface area (Å²) >= 11 is 0. The number of nitrogens with one attached hydrogen (secondary N) is 1. The Morgan fingerprint density at radius 2 is 1.92 bits per heavy atom. The van der Waals surface area contributed by atoms with Gasteiger partial charge in [0.25, 0.3) is 0 Å². The average molecular weight is 485 g/mol. The first kappa shape index (κ1) is 26.4. The van der Waals surface area contributed by atoms with E-state index in [1.807, 2.05) is 30.3 Å². The fourth-order valence-electron chi connectivity index (χ4n) is 3.38. The van der Waals surface area contributed by atoms with E-state index in [1.54, 1.807) is 24.4 Å². The molecular formula is C27H25BFN3O4. The molecule has 0 bridgehead atoms. The van der Waals surface area contributed by atoms with Gasteiger partial charge in [0.2, 0.25) is 5.91 Å². The lowest BCUT2D eigenvalue weighted by Crippen LogP contribution is -2.48. The van der Waals surface area contributed by atoms with E-state index in [4.69, 9.17) is 4.74 Å². The highest BCUT2D eigenvalue weighted by atomic mass is 19.1. The summed E-state index contributed by atoms with van der Waals surface area (Å²) in [7, 11) is -1.74. The van der Waals surface area contributed by atoms with Crippen molar-refractivity contribution in [2.45, 2.75) is 31.1 Å². The molecule has 0 radical (unpaired) electrons. The number of nitriles is 1. The smallest absolute Gasteiger partial charge is 0.475 e. The van der Waals surface area contributed by atoms with Crippen LogP contribution in [0.5, 0.6) is 5.75 Å². The molecule has 1 amide bonds. The largest absolute Gasteiger partial charge is 0.490 e. The summed E-state index contributed by atoms with van der Waals surface area (Å²) in [4.78, 5) is 16.5. The number of hydrogen-bond donors (Lipinski definition) is 3. The zero-order valence-corrected chi connectivity index (χ0v) is 19.5. The standard InChI is InChI=1S/C27H25BFN3O4/c29-23-13-12-21(9-6-10-22(19-30)24-11-4-5-15-31-24)17-25(23)36-16-14-27(33)32-26(28(34)35)18-20-7-2-1-3-8-20/h1-5,7-8,11-13,15,17,22,26,34-35H,10,14,16,18H2,(H,32,33)/t22?,26-/m0/s1. The van der Waals surface area contributed by atoms with Gasteiger partial charge >= 0.3 is 7.12 Å². The summed E-state index contributed by atoms with van der Waals surface area (Å²) < 4.78 is 19.6. The minimum Gasteiger partial charge on any atom is -0.490 e. The van der Waals surface area contributed by atoms with Crippen molar-refractivity contribution in [1.29, 1.82) is 5.26 Å². The van der Waals surface area contributed by atoms with Crippen LogP contribution in [-0.4, -0.2) is 40.6 Å². The highest BCUT2D eigenvalue weighted by Gasteiger charge is 2.25. The molecule has 0 spiro atoms. The van der Waals surface area contributed by atoms with E-state index < -0.39 is 30.7 Å². The molecule has 0 aliphatic heterocycles. The van der Waals surface area contributed by atoms with Crippen molar-refractivity contribution in [3.8, 4) is 23.7 Å². The fourth-order valence-corrected chi connectivity index (χ4v) is 3.38. The van der Waals surface area contributed by atoms with Gasteiger partial charge in [0, 0.05) is 18.2 Å². The first-order valence-corrected chi connectivity index (χ1v) is 11.4. The molecular weight excluding hydrogens is 460 g/mol. The van der Waals surface area contributed by atoms with Gasteiger partial charge in [-0.25, -0.2) is 4.39 Å². The molecule has 3 aromatic rings. The zero-order chi connectivity index (χ0) is 25.8. The Balaban J connectivity index is 1.53. The van der Waals surface area contributed by atoms with Gasteiger partial charge < -0.3 is 20.1 Å². The molecule has 2 aromatic carbocycles. The number of ether oxygens (including phenoxy) is 1. The molecule has 182 valence electrons. The molecule has 2 atom stereocenters. The van der Waals surface area contributed by atoms with Crippen molar-refractivity contribution >= 4 is 13.0 Å². The second-order valence-electron chi connectivity index (χ2n) is 7.96. The zero-order valence-electron chi connectivity index (χ0n) is 19.5. The quantitative estimate of drug-likeness (QED) is 0.301. The molecule has 0 saturated carbocycles. The summed E-state index contributed by atoms with van der Waals surface area (Å²) in [5.41, 5.74) is 1.98. The molecule has 1 aromatic heterocycles. The minimum absolute atomic E-state index is 0.0563. The molecule has 9 heteroatoms. The van der Waals surface area contributed by atoms with E-state index in [2.05, 4.69) is 28.2 Å². The summed E-state index contributed by atoms with van der Waals surface area (Å²) in [5.74, 6) is 3.34. The molecule has 0 saturated heterocycles. The van der Waals surface area contributed by atoms with Gasteiger partial charge in [-0.1, -0.05) is 48.2 Å². The van der Waals surface area contributed by atoms with Crippen LogP contribution in [0.1, 0.15) is 35.6 Å². The van der Waals surface area contributed by atoms with Crippen molar-refractivity contribution in [1.82, 2.24) is 10.3 Å². The number of amides is 1. The third kappa shape index (κ3) is 8.24. The lowest BCUT2D eigenvalue weighted by Gasteiger charge is -2.18. The number of nitrogens with zero attached hydrogens (tertiary/aromatic N) is 2. The van der Waals surface area contributed by atoms with Crippen LogP contribution in [0.25, 0.3) is 0 Å². The van der Waals surface area contributed by atoms with Crippen LogP contribution in [0.4, 0.5) is 4.39 Å². The van der Waals surface area contributed by atoms with Crippen LogP contribution in [-0.2, 0) is 11.2 Å². The Morgan fingerprint density at radius 1 is 1.14 bits per heavy atom. The number of rotatable bonds is 10. The molecule has 0 aliphatic carbocycles. The van der Waals surface area contributed by atoms with Crippen molar-refractivity contribution < 1.29 is 24.0 Å². The van der Waals surface area contributed by atoms with E-state index in [0.29, 0.717) is 11.3 Å². The van der Waals surface area contributed by atoms with Gasteiger partial charge in [-0.05, 0) is 42.3 Å². The normalized spacial score (nSPS) is 11.8. The molecule has 3 N–H and O–H groups in total. The van der Waals surface area contributed by atoms with E-state index in [-0.39, 0.29) is 31.6 Å². The fraction of sp³-hybridized carbons (Fsp3) is 0.222. The third-order valence-corrected chi connectivity index (χ3v) is 5.26. The Bertz CT molecular complexity index is 1240. The highest BCUT2D eigenvalue weighted by Crippen LogP contribution is 2.19. The van der Waals surface area contributed by atoms with E-state index in [9.17, 15) is 24.5 Å². The van der Waals surface area contributed by atoms with Crippen molar-refractivity contribution in [3.63, 3.8) is 0 Å². The Hall–Kier alpha value is -4.18. The number of halogens is 1. The van der Waals surface area contributed by atoms with Crippen LogP contribution in [0.15, 0.2) is 72.9 Å². The monoisotopic (exact) mass is 485 g/mol. The average Bonchev–Trinajstić information content (AvgIpc) is 2.89. The molecule has 7 nitrogen and oxygen atoms in total. The van der Waals surface area contributed by atoms with E-state index in [0.717, 1.165) is 5.56 Å². The topological polar surface area (TPSA) is 115 Å². The molecule has 0 aliphatic rings. The summed E-state index contributed by atoms with van der Waals surface area (Å²) in [5, 5.41) is 31.1. The van der Waals surface area contributed by atoms with Crippen LogP contribution >= 0.6 is 0 Å². The lowest BCUT2D eigenvalue weighted by molar-refractivity contribution is -0.122. The van der Waals surface area contributed by atoms with Crippen LogP contribution in [0.2, 0.25) is 0 Å². The number of hydrogen-bond acceptors (Lipinski definition) is 6. The lowest BCUT2D eigenvalue weighted by atomic mass is 9.76. The predicted octanol–water partition coefficient (Wildman–Crippen LogP) is 2.78. The molecule has 3 rings (SSSR count). The van der Waals surface area contributed by atoms with E-state index >= 15 is 0 Å². The van der Waals surface area contributed by atoms with Gasteiger partial charge in [-0.3, -0.25) is 9.78 Å². The molecule has 1 heterocycles. The van der Waals surface area contributed by atoms with Crippen molar-refractivity contribution in [2.75, 3.05) is 6.61 Å². The number of carbonyl (C=O) groups excluding carboxylic acids is 1. The Kier molecular flexibility index (Phi) is 10.0. The van der Waals surface area contributed by atoms with Gasteiger partial charge in [-0.2, -0.15) is 5.26 Å². The van der Waals surface area contributed by atoms with Gasteiger partial charge in [0.1, 0.15) is 0 Å². The first-order valence-electron chi connectivity index (χ1n) is 11.4. The summed E-state index contributed by atoms with van der Waals surface area (Å²) in [6.45, 7) is -0.116. The van der Waals surface area contributed by atoms with Gasteiger partial charge in [0.15, 0.2) is 11.6 Å². The van der Waals surface area contributed by atoms with Gasteiger partial charge in [0.05, 0.1) is 36.6 Å². The number of carbonyl (C=O) groups is 1. The second-order valence-corrected chi connectivity index (χ2v) is 7.96. The molecule has 36 heavy (non-hydrogen) atoms.